The smallest absolute Gasteiger partial charge is 0.328 e. The van der Waals surface area contributed by atoms with Crippen LogP contribution in [-0.4, -0.2) is 40.1 Å². The van der Waals surface area contributed by atoms with Crippen LogP contribution in [0.1, 0.15) is 17.2 Å². The van der Waals surface area contributed by atoms with E-state index in [0.29, 0.717) is 19.7 Å². The third-order valence-electron chi connectivity index (χ3n) is 4.19. The van der Waals surface area contributed by atoms with E-state index in [4.69, 9.17) is 4.74 Å². The summed E-state index contributed by atoms with van der Waals surface area (Å²) >= 11 is 0. The highest BCUT2D eigenvalue weighted by atomic mass is 16.5. The molecule has 2 heterocycles. The topological polar surface area (TPSA) is 84.4 Å². The number of H-pyrrole nitrogens is 1. The average Bonchev–Trinajstić information content (AvgIpc) is 2.63. The zero-order chi connectivity index (χ0) is 17.1. The van der Waals surface area contributed by atoms with Crippen molar-refractivity contribution >= 4 is 5.91 Å². The predicted octanol–water partition coefficient (Wildman–Crippen LogP) is 0.216. The van der Waals surface area contributed by atoms with Crippen molar-refractivity contribution in [3.63, 3.8) is 0 Å². The minimum absolute atomic E-state index is 0.0367. The minimum atomic E-state index is -0.494. The zero-order valence-corrected chi connectivity index (χ0v) is 13.4. The molecule has 7 nitrogen and oxygen atoms in total. The number of benzene rings is 1. The Kier molecular flexibility index (Phi) is 4.61. The second-order valence-corrected chi connectivity index (χ2v) is 5.77. The van der Waals surface area contributed by atoms with Crippen molar-refractivity contribution in [1.82, 2.24) is 14.5 Å². The fourth-order valence-corrected chi connectivity index (χ4v) is 2.76. The predicted molar refractivity (Wildman–Crippen MR) is 87.7 cm³/mol. The summed E-state index contributed by atoms with van der Waals surface area (Å²) in [5.41, 5.74) is 0.367. The number of aromatic nitrogens is 2. The molecule has 0 aliphatic carbocycles. The number of amides is 1. The lowest BCUT2D eigenvalue weighted by Gasteiger charge is -2.33. The number of nitrogens with zero attached hydrogens (tertiary/aromatic N) is 2. The SMILES string of the molecule is Cn1c(=O)[nH]cc(CC(=O)N2CCO[C@H](c3ccccc3)C2)c1=O. The molecule has 24 heavy (non-hydrogen) atoms. The van der Waals surface area contributed by atoms with E-state index in [0.717, 1.165) is 10.1 Å². The summed E-state index contributed by atoms with van der Waals surface area (Å²) in [6.07, 6.45) is 1.12. The van der Waals surface area contributed by atoms with Crippen molar-refractivity contribution in [2.75, 3.05) is 19.7 Å². The lowest BCUT2D eigenvalue weighted by atomic mass is 10.1. The van der Waals surface area contributed by atoms with Crippen LogP contribution in [0.5, 0.6) is 0 Å². The molecule has 1 amide bonds. The van der Waals surface area contributed by atoms with Crippen molar-refractivity contribution in [1.29, 1.82) is 0 Å². The number of morpholine rings is 1. The van der Waals surface area contributed by atoms with E-state index in [2.05, 4.69) is 4.98 Å². The van der Waals surface area contributed by atoms with Crippen LogP contribution in [-0.2, 0) is 23.0 Å². The molecule has 1 saturated heterocycles. The van der Waals surface area contributed by atoms with Crippen molar-refractivity contribution in [3.05, 3.63) is 68.5 Å². The van der Waals surface area contributed by atoms with Crippen LogP contribution in [0.25, 0.3) is 0 Å². The Morgan fingerprint density at radius 3 is 2.79 bits per heavy atom. The summed E-state index contributed by atoms with van der Waals surface area (Å²) in [5.74, 6) is -0.150. The van der Waals surface area contributed by atoms with Crippen molar-refractivity contribution in [2.24, 2.45) is 7.05 Å². The molecule has 0 unspecified atom stereocenters. The Morgan fingerprint density at radius 2 is 2.04 bits per heavy atom. The molecule has 126 valence electrons. The first-order valence-electron chi connectivity index (χ1n) is 7.78. The van der Waals surface area contributed by atoms with Crippen LogP contribution in [0, 0.1) is 0 Å². The van der Waals surface area contributed by atoms with Gasteiger partial charge in [-0.3, -0.25) is 14.2 Å². The molecule has 1 aliphatic heterocycles. The molecule has 1 fully saturated rings. The molecule has 1 aromatic heterocycles. The number of carbonyl (C=O) groups is 1. The Hall–Kier alpha value is -2.67. The Bertz CT molecular complexity index is 841. The van der Waals surface area contributed by atoms with Crippen LogP contribution < -0.4 is 11.2 Å². The number of ether oxygens (including phenoxy) is 1. The Morgan fingerprint density at radius 1 is 1.29 bits per heavy atom. The summed E-state index contributed by atoms with van der Waals surface area (Å²) in [7, 11) is 1.38. The van der Waals surface area contributed by atoms with Gasteiger partial charge in [-0.2, -0.15) is 0 Å². The molecule has 1 aromatic carbocycles. The fourth-order valence-electron chi connectivity index (χ4n) is 2.76. The molecule has 1 atom stereocenters. The van der Waals surface area contributed by atoms with Gasteiger partial charge in [-0.05, 0) is 5.56 Å². The quantitative estimate of drug-likeness (QED) is 0.873. The molecular formula is C17H19N3O4. The van der Waals surface area contributed by atoms with Crippen molar-refractivity contribution < 1.29 is 9.53 Å². The van der Waals surface area contributed by atoms with Gasteiger partial charge >= 0.3 is 5.69 Å². The Balaban J connectivity index is 1.72. The lowest BCUT2D eigenvalue weighted by Crippen LogP contribution is -2.44. The van der Waals surface area contributed by atoms with Gasteiger partial charge in [0.25, 0.3) is 5.56 Å². The fraction of sp³-hybridized carbons (Fsp3) is 0.353. The third-order valence-corrected chi connectivity index (χ3v) is 4.19. The van der Waals surface area contributed by atoms with Gasteiger partial charge in [-0.1, -0.05) is 30.3 Å². The van der Waals surface area contributed by atoms with E-state index in [1.54, 1.807) is 4.90 Å². The summed E-state index contributed by atoms with van der Waals surface area (Å²) < 4.78 is 6.71. The zero-order valence-electron chi connectivity index (χ0n) is 13.4. The van der Waals surface area contributed by atoms with E-state index < -0.39 is 11.2 Å². The molecule has 0 radical (unpaired) electrons. The Labute approximate surface area is 138 Å². The lowest BCUT2D eigenvalue weighted by molar-refractivity contribution is -0.138. The van der Waals surface area contributed by atoms with Crippen molar-refractivity contribution in [3.8, 4) is 0 Å². The van der Waals surface area contributed by atoms with Crippen LogP contribution in [0.4, 0.5) is 0 Å². The van der Waals surface area contributed by atoms with Crippen LogP contribution >= 0.6 is 0 Å². The van der Waals surface area contributed by atoms with Crippen LogP contribution in [0.2, 0.25) is 0 Å². The first-order valence-corrected chi connectivity index (χ1v) is 7.78. The number of hydrogen-bond donors (Lipinski definition) is 1. The molecule has 2 aromatic rings. The van der Waals surface area contributed by atoms with Crippen LogP contribution in [0.15, 0.2) is 46.1 Å². The van der Waals surface area contributed by atoms with Gasteiger partial charge in [0.15, 0.2) is 0 Å². The number of rotatable bonds is 3. The van der Waals surface area contributed by atoms with E-state index in [9.17, 15) is 14.4 Å². The molecule has 3 rings (SSSR count). The third kappa shape index (κ3) is 3.30. The van der Waals surface area contributed by atoms with Gasteiger partial charge in [0.1, 0.15) is 6.10 Å². The summed E-state index contributed by atoms with van der Waals surface area (Å²) in [6.45, 7) is 1.40. The molecule has 0 saturated carbocycles. The van der Waals surface area contributed by atoms with Gasteiger partial charge in [-0.25, -0.2) is 4.79 Å². The number of hydrogen-bond acceptors (Lipinski definition) is 4. The van der Waals surface area contributed by atoms with Gasteiger partial charge < -0.3 is 14.6 Å². The molecule has 7 heteroatoms. The largest absolute Gasteiger partial charge is 0.370 e. The van der Waals surface area contributed by atoms with E-state index in [1.165, 1.54) is 13.2 Å². The second-order valence-electron chi connectivity index (χ2n) is 5.77. The molecule has 1 aliphatic rings. The van der Waals surface area contributed by atoms with Gasteiger partial charge in [0.05, 0.1) is 19.6 Å². The molecule has 1 N–H and O–H groups in total. The maximum absolute atomic E-state index is 12.5. The van der Waals surface area contributed by atoms with Gasteiger partial charge in [0.2, 0.25) is 5.91 Å². The minimum Gasteiger partial charge on any atom is -0.370 e. The van der Waals surface area contributed by atoms with Crippen molar-refractivity contribution in [2.45, 2.75) is 12.5 Å². The standard InChI is InChI=1S/C17H19N3O4/c1-19-16(22)13(10-18-17(19)23)9-15(21)20-7-8-24-14(11-20)12-5-3-2-4-6-12/h2-6,10,14H,7-9,11H2,1H3,(H,18,23)/t14-/m0/s1. The first-order chi connectivity index (χ1) is 11.6. The van der Waals surface area contributed by atoms with Gasteiger partial charge in [-0.15, -0.1) is 0 Å². The summed E-state index contributed by atoms with van der Waals surface area (Å²) in [6, 6.07) is 9.74. The van der Waals surface area contributed by atoms with E-state index in [1.807, 2.05) is 30.3 Å². The van der Waals surface area contributed by atoms with Crippen LogP contribution in [0.3, 0.4) is 0 Å². The number of carbonyl (C=O) groups excluding carboxylic acids is 1. The maximum Gasteiger partial charge on any atom is 0.328 e. The first kappa shape index (κ1) is 16.2. The molecular weight excluding hydrogens is 310 g/mol. The van der Waals surface area contributed by atoms with Gasteiger partial charge in [0, 0.05) is 25.4 Å². The highest BCUT2D eigenvalue weighted by molar-refractivity contribution is 5.78. The summed E-state index contributed by atoms with van der Waals surface area (Å²) in [5, 5.41) is 0. The maximum atomic E-state index is 12.5. The average molecular weight is 329 g/mol. The second kappa shape index (κ2) is 6.84. The number of nitrogens with one attached hydrogen (secondary N) is 1. The highest BCUT2D eigenvalue weighted by Crippen LogP contribution is 2.22. The normalized spacial score (nSPS) is 17.7. The van der Waals surface area contributed by atoms with E-state index in [-0.39, 0.29) is 24.0 Å². The summed E-state index contributed by atoms with van der Waals surface area (Å²) in [4.78, 5) is 40.1. The molecule has 0 spiro atoms. The monoisotopic (exact) mass is 329 g/mol. The highest BCUT2D eigenvalue weighted by Gasteiger charge is 2.25. The molecule has 0 bridgehead atoms. The van der Waals surface area contributed by atoms with E-state index >= 15 is 0 Å². The number of aromatic amines is 1.